The van der Waals surface area contributed by atoms with Gasteiger partial charge < -0.3 is 30.8 Å². The Bertz CT molecular complexity index is 1800. The van der Waals surface area contributed by atoms with Crippen molar-refractivity contribution in [2.24, 2.45) is 23.2 Å². The minimum atomic E-state index is -1.20. The number of aliphatic hydroxyl groups excluding tert-OH is 4. The Kier molecular flexibility index (Phi) is 16.6. The molecule has 2 aromatic rings. The van der Waals surface area contributed by atoms with Crippen molar-refractivity contribution in [1.29, 1.82) is 0 Å². The van der Waals surface area contributed by atoms with Gasteiger partial charge in [-0.2, -0.15) is 0 Å². The van der Waals surface area contributed by atoms with Crippen LogP contribution in [0.25, 0.3) is 0 Å². The van der Waals surface area contributed by atoms with Crippen molar-refractivity contribution in [3.05, 3.63) is 130 Å². The predicted molar refractivity (Wildman–Crippen MR) is 234 cm³/mol. The summed E-state index contributed by atoms with van der Waals surface area (Å²) in [5, 5.41) is 63.5. The Morgan fingerprint density at radius 3 is 2.53 bits per heavy atom. The van der Waals surface area contributed by atoms with Gasteiger partial charge >= 0.3 is 0 Å². The molecule has 8 nitrogen and oxygen atoms in total. The van der Waals surface area contributed by atoms with Gasteiger partial charge in [-0.1, -0.05) is 96.6 Å². The molecule has 2 aliphatic carbocycles. The molecule has 58 heavy (non-hydrogen) atoms. The second-order valence-corrected chi connectivity index (χ2v) is 17.4. The van der Waals surface area contributed by atoms with Crippen LogP contribution >= 0.6 is 0 Å². The number of hydrogen-bond donors (Lipinski definition) is 7. The smallest absolute Gasteiger partial charge is 0.145 e. The van der Waals surface area contributed by atoms with E-state index in [4.69, 9.17) is 0 Å². The zero-order valence-electron chi connectivity index (χ0n) is 35.4. The number of carbonyl (C=O) groups excluding carboxylic acids is 1. The van der Waals surface area contributed by atoms with Gasteiger partial charge in [0, 0.05) is 24.0 Å². The maximum absolute atomic E-state index is 12.6. The van der Waals surface area contributed by atoms with Crippen LogP contribution in [0.5, 0.6) is 0 Å². The van der Waals surface area contributed by atoms with Crippen molar-refractivity contribution < 1.29 is 30.3 Å². The van der Waals surface area contributed by atoms with Crippen LogP contribution in [0.2, 0.25) is 0 Å². The molecule has 5 rings (SSSR count). The minimum absolute atomic E-state index is 0.0171. The van der Waals surface area contributed by atoms with Gasteiger partial charge in [0.25, 0.3) is 0 Å². The first-order valence-corrected chi connectivity index (χ1v) is 21.6. The standard InChI is InChI=1S/C50H70N2O6/c1-34(42-21-19-35(2)48(57)52-37(4)30-39-15-10-16-40(31-39)44(42)22-20-38-13-7-6-8-14-38)12-9-17-41(33-55)45-24-26-50(47(45)56)46(18-11-29-53)43(36(3)32-54)23-25-49(50,58)27-28-51-5/h6-10,12-17,19,31-32,37,42,44-48,51-53,55-58H,1,11,18,20-30,33H2,2-5H3. The predicted octanol–water partition coefficient (Wildman–Crippen LogP) is 7.04. The largest absolute Gasteiger partial charge is 0.396 e. The van der Waals surface area contributed by atoms with E-state index in [2.05, 4.69) is 78.7 Å². The number of nitrogens with one attached hydrogen (secondary N) is 2. The van der Waals surface area contributed by atoms with E-state index in [9.17, 15) is 30.3 Å². The number of fused-ring (bicyclic) bond motifs is 2. The molecule has 9 unspecified atom stereocenters. The zero-order valence-corrected chi connectivity index (χ0v) is 35.4. The van der Waals surface area contributed by atoms with E-state index in [1.165, 1.54) is 16.7 Å². The number of aldehydes is 1. The van der Waals surface area contributed by atoms with Crippen molar-refractivity contribution in [2.45, 2.75) is 121 Å². The maximum Gasteiger partial charge on any atom is 0.145 e. The van der Waals surface area contributed by atoms with Crippen LogP contribution in [0, 0.1) is 23.2 Å². The first-order chi connectivity index (χ1) is 27.9. The third-order valence-electron chi connectivity index (χ3n) is 13.9. The Morgan fingerprint density at radius 2 is 1.83 bits per heavy atom. The molecule has 3 aliphatic rings. The van der Waals surface area contributed by atoms with E-state index in [-0.39, 0.29) is 37.0 Å². The summed E-state index contributed by atoms with van der Waals surface area (Å²) in [4.78, 5) is 12.1. The molecule has 316 valence electrons. The summed E-state index contributed by atoms with van der Waals surface area (Å²) in [6.45, 7) is 10.8. The summed E-state index contributed by atoms with van der Waals surface area (Å²) in [5.41, 5.74) is 5.74. The van der Waals surface area contributed by atoms with Gasteiger partial charge in [-0.15, -0.1) is 0 Å². The molecule has 0 radical (unpaired) electrons. The molecule has 2 bridgehead atoms. The van der Waals surface area contributed by atoms with Gasteiger partial charge in [-0.25, -0.2) is 0 Å². The highest BCUT2D eigenvalue weighted by Crippen LogP contribution is 2.64. The summed E-state index contributed by atoms with van der Waals surface area (Å²) in [6, 6.07) is 19.5. The summed E-state index contributed by atoms with van der Waals surface area (Å²) in [5.74, 6) is -0.519. The fourth-order valence-corrected chi connectivity index (χ4v) is 10.7. The lowest BCUT2D eigenvalue weighted by Crippen LogP contribution is -2.61. The molecule has 0 saturated heterocycles. The topological polar surface area (TPSA) is 142 Å². The summed E-state index contributed by atoms with van der Waals surface area (Å²) in [7, 11) is 1.86. The van der Waals surface area contributed by atoms with E-state index in [0.29, 0.717) is 69.1 Å². The molecule has 9 atom stereocenters. The van der Waals surface area contributed by atoms with E-state index in [0.717, 1.165) is 42.3 Å². The molecule has 2 fully saturated rings. The third kappa shape index (κ3) is 10.3. The van der Waals surface area contributed by atoms with Crippen LogP contribution in [0.15, 0.2) is 113 Å². The SMILES string of the molecule is C=C(C=CC=C(CO)C1CCC2(C(CCCO)C(=C(C)C=O)CCC2(O)CCNC)C1O)C1CC=C(C)C(O)NC(C)Cc2cccc(c2)C1CCc1ccccc1. The second-order valence-electron chi connectivity index (χ2n) is 17.4. The second kappa shape index (κ2) is 21.2. The van der Waals surface area contributed by atoms with Crippen LogP contribution in [0.1, 0.15) is 101 Å². The summed E-state index contributed by atoms with van der Waals surface area (Å²) < 4.78 is 0. The summed E-state index contributed by atoms with van der Waals surface area (Å²) >= 11 is 0. The normalized spacial score (nSPS) is 31.8. The Hall–Kier alpha value is -3.47. The molecule has 2 saturated carbocycles. The van der Waals surface area contributed by atoms with E-state index in [1.807, 2.05) is 45.2 Å². The van der Waals surface area contributed by atoms with Crippen LogP contribution in [0.4, 0.5) is 0 Å². The van der Waals surface area contributed by atoms with E-state index in [1.54, 1.807) is 0 Å². The molecular formula is C50H70N2O6. The lowest BCUT2D eigenvalue weighted by atomic mass is 9.51. The van der Waals surface area contributed by atoms with Crippen molar-refractivity contribution in [3.8, 4) is 0 Å². The highest BCUT2D eigenvalue weighted by molar-refractivity contribution is 5.74. The molecule has 1 spiro atoms. The molecule has 1 aliphatic heterocycles. The van der Waals surface area contributed by atoms with Crippen LogP contribution in [-0.4, -0.2) is 82.6 Å². The van der Waals surface area contributed by atoms with Gasteiger partial charge in [-0.3, -0.25) is 10.1 Å². The van der Waals surface area contributed by atoms with Crippen molar-refractivity contribution in [1.82, 2.24) is 10.6 Å². The van der Waals surface area contributed by atoms with Gasteiger partial charge in [0.1, 0.15) is 12.5 Å². The monoisotopic (exact) mass is 795 g/mol. The van der Waals surface area contributed by atoms with Crippen LogP contribution in [-0.2, 0) is 17.6 Å². The van der Waals surface area contributed by atoms with Gasteiger partial charge in [-0.05, 0) is 156 Å². The van der Waals surface area contributed by atoms with Crippen molar-refractivity contribution >= 4 is 6.29 Å². The number of hydrogen-bond acceptors (Lipinski definition) is 8. The molecule has 0 aromatic heterocycles. The lowest BCUT2D eigenvalue weighted by Gasteiger charge is -2.57. The van der Waals surface area contributed by atoms with Crippen LogP contribution < -0.4 is 10.6 Å². The Labute approximate surface area is 347 Å². The first kappa shape index (κ1) is 45.6. The molecular weight excluding hydrogens is 725 g/mol. The van der Waals surface area contributed by atoms with Gasteiger partial charge in [0.05, 0.1) is 18.3 Å². The molecule has 2 aromatic carbocycles. The van der Waals surface area contributed by atoms with E-state index >= 15 is 0 Å². The lowest BCUT2D eigenvalue weighted by molar-refractivity contribution is -0.180. The number of aliphatic hydroxyl groups is 5. The van der Waals surface area contributed by atoms with E-state index < -0.39 is 29.3 Å². The first-order valence-electron chi connectivity index (χ1n) is 21.6. The number of aryl methyl sites for hydroxylation is 1. The number of benzene rings is 2. The van der Waals surface area contributed by atoms with Gasteiger partial charge in [0.2, 0.25) is 0 Å². The van der Waals surface area contributed by atoms with Crippen molar-refractivity contribution in [2.75, 3.05) is 26.8 Å². The molecule has 7 N–H and O–H groups in total. The fourth-order valence-electron chi connectivity index (χ4n) is 10.7. The fraction of sp³-hybridized carbons (Fsp3) is 0.540. The Balaban J connectivity index is 1.49. The number of rotatable bonds is 15. The van der Waals surface area contributed by atoms with Crippen LogP contribution in [0.3, 0.4) is 0 Å². The number of carbonyl (C=O) groups is 1. The summed E-state index contributed by atoms with van der Waals surface area (Å²) in [6.07, 6.45) is 14.1. The number of allylic oxidation sites excluding steroid dienone is 7. The molecule has 0 amide bonds. The third-order valence-corrected chi connectivity index (χ3v) is 13.9. The average molecular weight is 795 g/mol. The Morgan fingerprint density at radius 1 is 1.05 bits per heavy atom. The van der Waals surface area contributed by atoms with Gasteiger partial charge in [0.15, 0.2) is 0 Å². The molecule has 8 heteroatoms. The average Bonchev–Trinajstić information content (AvgIpc) is 3.56. The quantitative estimate of drug-likeness (QED) is 0.0441. The zero-order chi connectivity index (χ0) is 41.9. The maximum atomic E-state index is 12.6. The highest BCUT2D eigenvalue weighted by atomic mass is 16.3. The highest BCUT2D eigenvalue weighted by Gasteiger charge is 2.65. The minimum Gasteiger partial charge on any atom is -0.396 e. The van der Waals surface area contributed by atoms with Crippen molar-refractivity contribution in [3.63, 3.8) is 0 Å². The molecule has 1 heterocycles.